The lowest BCUT2D eigenvalue weighted by atomic mass is 10.0. The van der Waals surface area contributed by atoms with Gasteiger partial charge in [-0.15, -0.1) is 0 Å². The van der Waals surface area contributed by atoms with Gasteiger partial charge in [0.1, 0.15) is 0 Å². The quantitative estimate of drug-likeness (QED) is 0.796. The molecule has 1 aliphatic rings. The van der Waals surface area contributed by atoms with Crippen molar-refractivity contribution in [2.75, 3.05) is 6.54 Å². The summed E-state index contributed by atoms with van der Waals surface area (Å²) in [6.45, 7) is 5.49. The smallest absolute Gasteiger partial charge is 0.0253 e. The van der Waals surface area contributed by atoms with Crippen LogP contribution in [0.5, 0.6) is 0 Å². The summed E-state index contributed by atoms with van der Waals surface area (Å²) >= 11 is 0. The van der Waals surface area contributed by atoms with Crippen molar-refractivity contribution in [3.8, 4) is 0 Å². The van der Waals surface area contributed by atoms with E-state index in [1.165, 1.54) is 42.5 Å². The Balaban J connectivity index is 2.07. The van der Waals surface area contributed by atoms with Crippen LogP contribution in [-0.2, 0) is 0 Å². The Kier molecular flexibility index (Phi) is 3.79. The molecular formula is C15H21N. The standard InChI is InChI=1S/C15H21N/c1-12-6-7-13(2)14(11-12)8-9-15-5-3-4-10-16-15/h6-9,11,15-16H,3-5,10H2,1-2H3/b9-8+. The second kappa shape index (κ2) is 5.31. The molecule has 1 heterocycles. The Morgan fingerprint density at radius 3 is 2.88 bits per heavy atom. The Morgan fingerprint density at radius 2 is 2.12 bits per heavy atom. The summed E-state index contributed by atoms with van der Waals surface area (Å²) in [6, 6.07) is 7.21. The van der Waals surface area contributed by atoms with Gasteiger partial charge in [-0.25, -0.2) is 0 Å². The molecule has 1 aromatic carbocycles. The molecule has 1 aliphatic heterocycles. The zero-order valence-electron chi connectivity index (χ0n) is 10.3. The number of aryl methyl sites for hydroxylation is 2. The number of hydrogen-bond donors (Lipinski definition) is 1. The van der Waals surface area contributed by atoms with Crippen molar-refractivity contribution in [3.05, 3.63) is 41.0 Å². The van der Waals surface area contributed by atoms with Gasteiger partial charge in [0.25, 0.3) is 0 Å². The van der Waals surface area contributed by atoms with Gasteiger partial charge >= 0.3 is 0 Å². The fourth-order valence-electron chi connectivity index (χ4n) is 2.20. The van der Waals surface area contributed by atoms with E-state index in [0.717, 1.165) is 0 Å². The fourth-order valence-corrected chi connectivity index (χ4v) is 2.20. The minimum Gasteiger partial charge on any atom is -0.311 e. The van der Waals surface area contributed by atoms with Gasteiger partial charge in [0.15, 0.2) is 0 Å². The van der Waals surface area contributed by atoms with Gasteiger partial charge in [0, 0.05) is 6.04 Å². The van der Waals surface area contributed by atoms with Crippen molar-refractivity contribution in [3.63, 3.8) is 0 Å². The Bertz CT molecular complexity index is 373. The van der Waals surface area contributed by atoms with Crippen molar-refractivity contribution >= 4 is 6.08 Å². The number of nitrogens with one attached hydrogen (secondary N) is 1. The molecular weight excluding hydrogens is 194 g/mol. The summed E-state index contributed by atoms with van der Waals surface area (Å²) in [4.78, 5) is 0. The van der Waals surface area contributed by atoms with E-state index < -0.39 is 0 Å². The van der Waals surface area contributed by atoms with Crippen LogP contribution in [0, 0.1) is 13.8 Å². The molecule has 0 spiro atoms. The highest BCUT2D eigenvalue weighted by atomic mass is 14.9. The second-order valence-electron chi connectivity index (χ2n) is 4.78. The van der Waals surface area contributed by atoms with Gasteiger partial charge < -0.3 is 5.32 Å². The lowest BCUT2D eigenvalue weighted by Gasteiger charge is -2.20. The Labute approximate surface area is 98.6 Å². The van der Waals surface area contributed by atoms with Gasteiger partial charge in [-0.3, -0.25) is 0 Å². The van der Waals surface area contributed by atoms with E-state index in [-0.39, 0.29) is 0 Å². The molecule has 1 aromatic rings. The molecule has 16 heavy (non-hydrogen) atoms. The van der Waals surface area contributed by atoms with E-state index >= 15 is 0 Å². The fraction of sp³-hybridized carbons (Fsp3) is 0.467. The van der Waals surface area contributed by atoms with E-state index in [2.05, 4.69) is 49.5 Å². The van der Waals surface area contributed by atoms with E-state index in [1.807, 2.05) is 0 Å². The number of hydrogen-bond acceptors (Lipinski definition) is 1. The van der Waals surface area contributed by atoms with Crippen LogP contribution in [-0.4, -0.2) is 12.6 Å². The third-order valence-electron chi connectivity index (χ3n) is 3.29. The third kappa shape index (κ3) is 2.96. The molecule has 1 fully saturated rings. The molecule has 0 amide bonds. The Hall–Kier alpha value is -1.08. The zero-order chi connectivity index (χ0) is 11.4. The summed E-state index contributed by atoms with van der Waals surface area (Å²) in [5, 5.41) is 3.54. The molecule has 1 nitrogen and oxygen atoms in total. The molecule has 1 N–H and O–H groups in total. The highest BCUT2D eigenvalue weighted by molar-refractivity contribution is 5.55. The molecule has 0 aromatic heterocycles. The van der Waals surface area contributed by atoms with Crippen molar-refractivity contribution in [1.29, 1.82) is 0 Å². The average Bonchev–Trinajstić information content (AvgIpc) is 2.32. The lowest BCUT2D eigenvalue weighted by Crippen LogP contribution is -2.31. The highest BCUT2D eigenvalue weighted by Gasteiger charge is 2.08. The van der Waals surface area contributed by atoms with E-state index in [9.17, 15) is 0 Å². The Morgan fingerprint density at radius 1 is 1.25 bits per heavy atom. The maximum atomic E-state index is 3.54. The monoisotopic (exact) mass is 215 g/mol. The van der Waals surface area contributed by atoms with Crippen LogP contribution in [0.2, 0.25) is 0 Å². The maximum absolute atomic E-state index is 3.54. The third-order valence-corrected chi connectivity index (χ3v) is 3.29. The summed E-state index contributed by atoms with van der Waals surface area (Å²) in [6.07, 6.45) is 8.55. The SMILES string of the molecule is Cc1ccc(C)c(/C=C/C2CCCCN2)c1. The second-order valence-corrected chi connectivity index (χ2v) is 4.78. The number of rotatable bonds is 2. The first-order valence-corrected chi connectivity index (χ1v) is 6.24. The molecule has 1 saturated heterocycles. The van der Waals surface area contributed by atoms with Crippen molar-refractivity contribution < 1.29 is 0 Å². The average molecular weight is 215 g/mol. The van der Waals surface area contributed by atoms with Crippen LogP contribution in [0.1, 0.15) is 36.0 Å². The van der Waals surface area contributed by atoms with E-state index in [0.29, 0.717) is 6.04 Å². The molecule has 0 radical (unpaired) electrons. The topological polar surface area (TPSA) is 12.0 Å². The first-order chi connectivity index (χ1) is 7.75. The predicted octanol–water partition coefficient (Wildman–Crippen LogP) is 3.46. The number of benzene rings is 1. The normalized spacial score (nSPS) is 21.5. The van der Waals surface area contributed by atoms with Crippen molar-refractivity contribution in [1.82, 2.24) is 5.32 Å². The van der Waals surface area contributed by atoms with Crippen molar-refractivity contribution in [2.45, 2.75) is 39.2 Å². The first-order valence-electron chi connectivity index (χ1n) is 6.24. The molecule has 1 heteroatoms. The summed E-state index contributed by atoms with van der Waals surface area (Å²) < 4.78 is 0. The van der Waals surface area contributed by atoms with E-state index in [4.69, 9.17) is 0 Å². The van der Waals surface area contributed by atoms with Crippen LogP contribution in [0.15, 0.2) is 24.3 Å². The zero-order valence-corrected chi connectivity index (χ0v) is 10.3. The first kappa shape index (κ1) is 11.4. The molecule has 0 bridgehead atoms. The van der Waals surface area contributed by atoms with Crippen LogP contribution in [0.25, 0.3) is 6.08 Å². The van der Waals surface area contributed by atoms with Crippen molar-refractivity contribution in [2.24, 2.45) is 0 Å². The predicted molar refractivity (Wildman–Crippen MR) is 70.6 cm³/mol. The van der Waals surface area contributed by atoms with Gasteiger partial charge in [0.05, 0.1) is 0 Å². The maximum Gasteiger partial charge on any atom is 0.0253 e. The van der Waals surface area contributed by atoms with Gasteiger partial charge in [0.2, 0.25) is 0 Å². The van der Waals surface area contributed by atoms with Gasteiger partial charge in [-0.05, 0) is 44.4 Å². The van der Waals surface area contributed by atoms with E-state index in [1.54, 1.807) is 0 Å². The van der Waals surface area contributed by atoms with Gasteiger partial charge in [-0.1, -0.05) is 42.3 Å². The van der Waals surface area contributed by atoms with Crippen LogP contribution in [0.4, 0.5) is 0 Å². The largest absolute Gasteiger partial charge is 0.311 e. The minimum atomic E-state index is 0.577. The van der Waals surface area contributed by atoms with Crippen LogP contribution in [0.3, 0.4) is 0 Å². The summed E-state index contributed by atoms with van der Waals surface area (Å²) in [5.41, 5.74) is 4.05. The molecule has 1 atom stereocenters. The summed E-state index contributed by atoms with van der Waals surface area (Å²) in [5.74, 6) is 0. The molecule has 0 saturated carbocycles. The molecule has 1 unspecified atom stereocenters. The van der Waals surface area contributed by atoms with Crippen LogP contribution >= 0.6 is 0 Å². The highest BCUT2D eigenvalue weighted by Crippen LogP contribution is 2.14. The molecule has 2 rings (SSSR count). The molecule has 86 valence electrons. The lowest BCUT2D eigenvalue weighted by molar-refractivity contribution is 0.455. The van der Waals surface area contributed by atoms with Crippen LogP contribution < -0.4 is 5.32 Å². The summed E-state index contributed by atoms with van der Waals surface area (Å²) in [7, 11) is 0. The minimum absolute atomic E-state index is 0.577. The van der Waals surface area contributed by atoms with Gasteiger partial charge in [-0.2, -0.15) is 0 Å². The molecule has 0 aliphatic carbocycles. The number of piperidine rings is 1.